The maximum atomic E-state index is 11.7. The first-order valence-electron chi connectivity index (χ1n) is 9.07. The van der Waals surface area contributed by atoms with Crippen molar-refractivity contribution in [2.45, 2.75) is 64.9 Å². The summed E-state index contributed by atoms with van der Waals surface area (Å²) in [5, 5.41) is 8.32. The fraction of sp³-hybridized carbons (Fsp3) is 0.722. The molecule has 1 aromatic heterocycles. The third-order valence-electron chi connectivity index (χ3n) is 4.00. The first-order chi connectivity index (χ1) is 12.7. The Hall–Kier alpha value is -1.87. The number of alkyl carbamates (subject to hydrolysis) is 2. The van der Waals surface area contributed by atoms with Gasteiger partial charge in [0.25, 0.3) is 0 Å². The number of amides is 2. The van der Waals surface area contributed by atoms with E-state index in [0.717, 1.165) is 30.0 Å². The number of methoxy groups -OCH3 is 1. The van der Waals surface area contributed by atoms with Crippen LogP contribution in [0.15, 0.2) is 5.38 Å². The number of carbonyl (C=O) groups excluding carboxylic acids is 2. The van der Waals surface area contributed by atoms with E-state index in [1.54, 1.807) is 7.11 Å². The van der Waals surface area contributed by atoms with Crippen LogP contribution in [0.2, 0.25) is 0 Å². The van der Waals surface area contributed by atoms with Crippen LogP contribution in [0.1, 0.15) is 50.7 Å². The molecular weight excluding hydrogens is 370 g/mol. The molecule has 0 saturated heterocycles. The van der Waals surface area contributed by atoms with Gasteiger partial charge < -0.3 is 24.8 Å². The van der Waals surface area contributed by atoms with Crippen LogP contribution in [0.4, 0.5) is 9.59 Å². The molecule has 1 aromatic rings. The van der Waals surface area contributed by atoms with E-state index in [9.17, 15) is 9.59 Å². The number of aromatic nitrogens is 1. The Balaban J connectivity index is 1.52. The first-order valence-corrected chi connectivity index (χ1v) is 9.95. The van der Waals surface area contributed by atoms with Gasteiger partial charge in [-0.05, 0) is 46.0 Å². The van der Waals surface area contributed by atoms with Crippen molar-refractivity contribution >= 4 is 23.5 Å². The van der Waals surface area contributed by atoms with E-state index in [-0.39, 0.29) is 18.7 Å². The van der Waals surface area contributed by atoms with E-state index in [2.05, 4.69) is 15.6 Å². The summed E-state index contributed by atoms with van der Waals surface area (Å²) in [4.78, 5) is 27.7. The van der Waals surface area contributed by atoms with Crippen LogP contribution in [0.3, 0.4) is 0 Å². The second-order valence-electron chi connectivity index (χ2n) is 7.64. The van der Waals surface area contributed by atoms with E-state index in [1.807, 2.05) is 26.2 Å². The highest BCUT2D eigenvalue weighted by Crippen LogP contribution is 2.30. The highest BCUT2D eigenvalue weighted by atomic mass is 32.1. The number of hydrogen-bond acceptors (Lipinski definition) is 7. The minimum atomic E-state index is -0.485. The lowest BCUT2D eigenvalue weighted by Crippen LogP contribution is -2.46. The van der Waals surface area contributed by atoms with Crippen LogP contribution in [-0.2, 0) is 27.4 Å². The second-order valence-corrected chi connectivity index (χ2v) is 8.58. The Morgan fingerprint density at radius 1 is 1.26 bits per heavy atom. The Labute approximate surface area is 164 Å². The molecule has 8 nitrogen and oxygen atoms in total. The van der Waals surface area contributed by atoms with Gasteiger partial charge in [-0.2, -0.15) is 0 Å². The summed E-state index contributed by atoms with van der Waals surface area (Å²) >= 11 is 1.48. The van der Waals surface area contributed by atoms with Gasteiger partial charge in [-0.3, -0.25) is 0 Å². The topological polar surface area (TPSA) is 98.8 Å². The average molecular weight is 400 g/mol. The van der Waals surface area contributed by atoms with E-state index >= 15 is 0 Å². The first kappa shape index (κ1) is 21.4. The molecular formula is C18H29N3O5S. The highest BCUT2D eigenvalue weighted by molar-refractivity contribution is 7.09. The molecule has 152 valence electrons. The third kappa shape index (κ3) is 8.13. The Kier molecular flexibility index (Phi) is 7.85. The van der Waals surface area contributed by atoms with Crippen LogP contribution in [0.5, 0.6) is 0 Å². The molecule has 1 saturated carbocycles. The van der Waals surface area contributed by atoms with Crippen molar-refractivity contribution in [1.29, 1.82) is 0 Å². The molecule has 1 aliphatic carbocycles. The molecule has 1 aliphatic rings. The van der Waals surface area contributed by atoms with E-state index in [0.29, 0.717) is 19.1 Å². The predicted molar refractivity (Wildman–Crippen MR) is 102 cm³/mol. The van der Waals surface area contributed by atoms with E-state index in [4.69, 9.17) is 14.2 Å². The molecule has 0 bridgehead atoms. The summed E-state index contributed by atoms with van der Waals surface area (Å²) in [7, 11) is 1.61. The Morgan fingerprint density at radius 3 is 2.67 bits per heavy atom. The largest absolute Gasteiger partial charge is 0.444 e. The molecule has 0 atom stereocenters. The molecule has 0 aliphatic heterocycles. The van der Waals surface area contributed by atoms with Crippen LogP contribution in [-0.4, -0.2) is 42.5 Å². The molecule has 9 heteroatoms. The van der Waals surface area contributed by atoms with Crippen molar-refractivity contribution < 1.29 is 23.8 Å². The zero-order valence-corrected chi connectivity index (χ0v) is 17.2. The van der Waals surface area contributed by atoms with Crippen molar-refractivity contribution in [2.24, 2.45) is 5.92 Å². The molecule has 1 fully saturated rings. The standard InChI is InChI=1S/C18H29N3O5S/c1-18(2,3)26-17(23)21-13-7-12(8-13)5-6-19-16(22)25-9-14-11-27-15(20-14)10-24-4/h11-13H,5-10H2,1-4H3,(H,19,22)(H,21,23). The fourth-order valence-corrected chi connectivity index (χ4v) is 3.49. The number of thiazole rings is 1. The Morgan fingerprint density at radius 2 is 2.00 bits per heavy atom. The van der Waals surface area contributed by atoms with E-state index < -0.39 is 11.7 Å². The predicted octanol–water partition coefficient (Wildman–Crippen LogP) is 3.21. The summed E-state index contributed by atoms with van der Waals surface area (Å²) in [6, 6.07) is 0.155. The molecule has 1 heterocycles. The zero-order chi connectivity index (χ0) is 19.9. The van der Waals surface area contributed by atoms with Gasteiger partial charge in [0.2, 0.25) is 0 Å². The number of nitrogens with zero attached hydrogens (tertiary/aromatic N) is 1. The third-order valence-corrected chi connectivity index (χ3v) is 4.87. The van der Waals surface area contributed by atoms with Crippen molar-refractivity contribution in [3.63, 3.8) is 0 Å². The van der Waals surface area contributed by atoms with Gasteiger partial charge in [0.05, 0.1) is 12.3 Å². The summed E-state index contributed by atoms with van der Waals surface area (Å²) in [5.41, 5.74) is 0.235. The molecule has 2 amide bonds. The highest BCUT2D eigenvalue weighted by Gasteiger charge is 2.31. The molecule has 2 N–H and O–H groups in total. The number of hydrogen-bond donors (Lipinski definition) is 2. The number of rotatable bonds is 8. The van der Waals surface area contributed by atoms with Gasteiger partial charge >= 0.3 is 12.2 Å². The van der Waals surface area contributed by atoms with Gasteiger partial charge in [0.15, 0.2) is 0 Å². The molecule has 0 spiro atoms. The quantitative estimate of drug-likeness (QED) is 0.696. The number of ether oxygens (including phenoxy) is 3. The van der Waals surface area contributed by atoms with Gasteiger partial charge in [-0.15, -0.1) is 11.3 Å². The van der Waals surface area contributed by atoms with Gasteiger partial charge in [0.1, 0.15) is 17.2 Å². The van der Waals surface area contributed by atoms with Crippen molar-refractivity contribution in [1.82, 2.24) is 15.6 Å². The number of carbonyl (C=O) groups is 2. The summed E-state index contributed by atoms with van der Waals surface area (Å²) < 4.78 is 15.4. The van der Waals surface area contributed by atoms with Crippen molar-refractivity contribution in [2.75, 3.05) is 13.7 Å². The van der Waals surface area contributed by atoms with Crippen molar-refractivity contribution in [3.05, 3.63) is 16.1 Å². The summed E-state index contributed by atoms with van der Waals surface area (Å²) in [5.74, 6) is 0.486. The second kappa shape index (κ2) is 9.89. The lowest BCUT2D eigenvalue weighted by Gasteiger charge is -2.36. The maximum Gasteiger partial charge on any atom is 0.407 e. The zero-order valence-electron chi connectivity index (χ0n) is 16.4. The van der Waals surface area contributed by atoms with Gasteiger partial charge in [-0.1, -0.05) is 0 Å². The molecule has 27 heavy (non-hydrogen) atoms. The van der Waals surface area contributed by atoms with Crippen LogP contribution in [0, 0.1) is 5.92 Å². The molecule has 2 rings (SSSR count). The molecule has 0 aromatic carbocycles. The summed E-state index contributed by atoms with van der Waals surface area (Å²) in [6.07, 6.45) is 1.84. The van der Waals surface area contributed by atoms with Crippen LogP contribution < -0.4 is 10.6 Å². The monoisotopic (exact) mass is 399 g/mol. The lowest BCUT2D eigenvalue weighted by atomic mass is 9.78. The minimum absolute atomic E-state index is 0.150. The summed E-state index contributed by atoms with van der Waals surface area (Å²) in [6.45, 7) is 6.68. The smallest absolute Gasteiger partial charge is 0.407 e. The number of nitrogens with one attached hydrogen (secondary N) is 2. The fourth-order valence-electron chi connectivity index (χ4n) is 2.74. The normalized spacial score (nSPS) is 19.1. The average Bonchev–Trinajstić information content (AvgIpc) is 2.96. The molecule has 0 radical (unpaired) electrons. The Bertz CT molecular complexity index is 623. The van der Waals surface area contributed by atoms with Crippen LogP contribution in [0.25, 0.3) is 0 Å². The lowest BCUT2D eigenvalue weighted by molar-refractivity contribution is 0.0450. The van der Waals surface area contributed by atoms with Gasteiger partial charge in [-0.25, -0.2) is 14.6 Å². The maximum absolute atomic E-state index is 11.7. The molecule has 0 unspecified atom stereocenters. The van der Waals surface area contributed by atoms with Crippen LogP contribution >= 0.6 is 11.3 Å². The van der Waals surface area contributed by atoms with Crippen molar-refractivity contribution in [3.8, 4) is 0 Å². The SMILES string of the molecule is COCc1nc(COC(=O)NCCC2CC(NC(=O)OC(C)(C)C)C2)cs1. The van der Waals surface area contributed by atoms with E-state index in [1.165, 1.54) is 11.3 Å². The van der Waals surface area contributed by atoms with Gasteiger partial charge in [0, 0.05) is 25.1 Å². The minimum Gasteiger partial charge on any atom is -0.444 e.